The molecule has 2 heterocycles. The summed E-state index contributed by atoms with van der Waals surface area (Å²) in [6.45, 7) is 5.92. The summed E-state index contributed by atoms with van der Waals surface area (Å²) in [5.41, 5.74) is 0.512. The van der Waals surface area contributed by atoms with Crippen LogP contribution in [0.4, 0.5) is 0 Å². The largest absolute Gasteiger partial charge is 0.496 e. The van der Waals surface area contributed by atoms with Crippen molar-refractivity contribution in [3.63, 3.8) is 0 Å². The molecule has 2 atom stereocenters. The smallest absolute Gasteiger partial charge is 0.261 e. The minimum Gasteiger partial charge on any atom is -0.496 e. The number of hydrogen-bond donors (Lipinski definition) is 0. The van der Waals surface area contributed by atoms with Crippen LogP contribution in [-0.4, -0.2) is 62.1 Å². The van der Waals surface area contributed by atoms with Crippen molar-refractivity contribution < 1.29 is 14.3 Å². The summed E-state index contributed by atoms with van der Waals surface area (Å²) >= 11 is 3.43. The van der Waals surface area contributed by atoms with E-state index in [4.69, 9.17) is 9.47 Å². The van der Waals surface area contributed by atoms with Gasteiger partial charge in [0.05, 0.1) is 14.2 Å². The van der Waals surface area contributed by atoms with E-state index in [-0.39, 0.29) is 5.91 Å². The lowest BCUT2D eigenvalue weighted by Crippen LogP contribution is -2.52. The highest BCUT2D eigenvalue weighted by atomic mass is 79.9. The number of amides is 1. The van der Waals surface area contributed by atoms with Gasteiger partial charge >= 0.3 is 0 Å². The first-order valence-electron chi connectivity index (χ1n) is 7.98. The minimum absolute atomic E-state index is 0.00889. The second kappa shape index (κ2) is 6.69. The summed E-state index contributed by atoms with van der Waals surface area (Å²) in [6.07, 6.45) is 1.17. The first-order valence-corrected chi connectivity index (χ1v) is 8.77. The number of ether oxygens (including phenoxy) is 2. The lowest BCUT2D eigenvalue weighted by atomic mass is 10.1. The van der Waals surface area contributed by atoms with Gasteiger partial charge in [-0.05, 0) is 24.5 Å². The summed E-state index contributed by atoms with van der Waals surface area (Å²) in [7, 11) is 3.16. The van der Waals surface area contributed by atoms with Crippen molar-refractivity contribution in [3.8, 4) is 11.5 Å². The second-order valence-corrected chi connectivity index (χ2v) is 7.34. The average Bonchev–Trinajstić information content (AvgIpc) is 2.92. The van der Waals surface area contributed by atoms with E-state index in [1.54, 1.807) is 14.2 Å². The van der Waals surface area contributed by atoms with Crippen LogP contribution in [0.2, 0.25) is 0 Å². The molecule has 23 heavy (non-hydrogen) atoms. The molecule has 1 amide bonds. The van der Waals surface area contributed by atoms with E-state index < -0.39 is 0 Å². The van der Waals surface area contributed by atoms with Crippen molar-refractivity contribution >= 4 is 21.8 Å². The van der Waals surface area contributed by atoms with E-state index in [1.807, 2.05) is 17.0 Å². The molecule has 1 aromatic carbocycles. The Bertz CT molecular complexity index is 582. The lowest BCUT2D eigenvalue weighted by molar-refractivity contribution is 0.0564. The van der Waals surface area contributed by atoms with Crippen molar-refractivity contribution in [2.24, 2.45) is 5.92 Å². The third-order valence-corrected chi connectivity index (χ3v) is 5.25. The topological polar surface area (TPSA) is 42.0 Å². The molecule has 0 spiro atoms. The first kappa shape index (κ1) is 16.6. The predicted octanol–water partition coefficient (Wildman–Crippen LogP) is 2.63. The van der Waals surface area contributed by atoms with E-state index >= 15 is 0 Å². The summed E-state index contributed by atoms with van der Waals surface area (Å²) < 4.78 is 11.7. The summed E-state index contributed by atoms with van der Waals surface area (Å²) in [4.78, 5) is 17.5. The molecule has 2 aliphatic rings. The van der Waals surface area contributed by atoms with Gasteiger partial charge in [-0.15, -0.1) is 0 Å². The summed E-state index contributed by atoms with van der Waals surface area (Å²) in [6, 6.07) is 4.10. The number of benzene rings is 1. The first-order chi connectivity index (χ1) is 11.0. The predicted molar refractivity (Wildman–Crippen MR) is 92.3 cm³/mol. The highest BCUT2D eigenvalue weighted by Gasteiger charge is 2.37. The van der Waals surface area contributed by atoms with Crippen molar-refractivity contribution in [1.29, 1.82) is 0 Å². The Kier molecular flexibility index (Phi) is 4.82. The van der Waals surface area contributed by atoms with Crippen LogP contribution in [0.1, 0.15) is 23.7 Å². The summed E-state index contributed by atoms with van der Waals surface area (Å²) in [5, 5.41) is 0. The van der Waals surface area contributed by atoms with E-state index in [1.165, 1.54) is 6.42 Å². The molecular formula is C17H23BrN2O3. The van der Waals surface area contributed by atoms with Crippen LogP contribution < -0.4 is 9.47 Å². The highest BCUT2D eigenvalue weighted by Crippen LogP contribution is 2.35. The molecule has 0 radical (unpaired) electrons. The van der Waals surface area contributed by atoms with Crippen LogP contribution in [0.25, 0.3) is 0 Å². The molecule has 2 saturated heterocycles. The molecule has 6 heteroatoms. The number of methoxy groups -OCH3 is 2. The Morgan fingerprint density at radius 2 is 1.83 bits per heavy atom. The van der Waals surface area contributed by atoms with Crippen LogP contribution >= 0.6 is 15.9 Å². The molecule has 5 nitrogen and oxygen atoms in total. The van der Waals surface area contributed by atoms with Crippen molar-refractivity contribution in [2.75, 3.05) is 40.4 Å². The Balaban J connectivity index is 1.86. The Hall–Kier alpha value is -1.27. The zero-order valence-electron chi connectivity index (χ0n) is 13.8. The van der Waals surface area contributed by atoms with Gasteiger partial charge in [-0.3, -0.25) is 9.69 Å². The molecule has 126 valence electrons. The Morgan fingerprint density at radius 3 is 2.43 bits per heavy atom. The third-order valence-electron chi connectivity index (χ3n) is 4.80. The molecule has 0 bridgehead atoms. The van der Waals surface area contributed by atoms with Gasteiger partial charge in [0.1, 0.15) is 17.1 Å². The maximum Gasteiger partial charge on any atom is 0.261 e. The zero-order chi connectivity index (χ0) is 16.6. The van der Waals surface area contributed by atoms with E-state index in [0.29, 0.717) is 29.0 Å². The SMILES string of the molecule is COc1cc(Br)cc(OC)c1C(=O)N1CCN2CC(C)CC2C1. The summed E-state index contributed by atoms with van der Waals surface area (Å²) in [5.74, 6) is 1.80. The molecule has 2 unspecified atom stereocenters. The van der Waals surface area contributed by atoms with E-state index in [0.717, 1.165) is 30.7 Å². The normalized spacial score (nSPS) is 24.4. The number of hydrogen-bond acceptors (Lipinski definition) is 4. The van der Waals surface area contributed by atoms with Gasteiger partial charge in [0.25, 0.3) is 5.91 Å². The number of rotatable bonds is 3. The second-order valence-electron chi connectivity index (χ2n) is 6.43. The quantitative estimate of drug-likeness (QED) is 0.805. The third kappa shape index (κ3) is 3.19. The monoisotopic (exact) mass is 382 g/mol. The fourth-order valence-electron chi connectivity index (χ4n) is 3.73. The van der Waals surface area contributed by atoms with Crippen LogP contribution in [0.5, 0.6) is 11.5 Å². The standard InChI is InChI=1S/C17H23BrN2O3/c1-11-6-13-10-20(5-4-19(13)9-11)17(21)16-14(22-2)7-12(18)8-15(16)23-3/h7-8,11,13H,4-6,9-10H2,1-3H3. The van der Waals surface area contributed by atoms with Gasteiger partial charge in [0.15, 0.2) is 0 Å². The van der Waals surface area contributed by atoms with E-state index in [9.17, 15) is 4.79 Å². The highest BCUT2D eigenvalue weighted by molar-refractivity contribution is 9.10. The number of fused-ring (bicyclic) bond motifs is 1. The molecule has 0 saturated carbocycles. The number of nitrogens with zero attached hydrogens (tertiary/aromatic N) is 2. The number of piperazine rings is 1. The van der Waals surface area contributed by atoms with Gasteiger partial charge in [0, 0.05) is 36.7 Å². The van der Waals surface area contributed by atoms with Crippen molar-refractivity contribution in [2.45, 2.75) is 19.4 Å². The fourth-order valence-corrected chi connectivity index (χ4v) is 4.15. The zero-order valence-corrected chi connectivity index (χ0v) is 15.4. The van der Waals surface area contributed by atoms with Gasteiger partial charge < -0.3 is 14.4 Å². The average molecular weight is 383 g/mol. The van der Waals surface area contributed by atoms with Gasteiger partial charge in [-0.2, -0.15) is 0 Å². The number of carbonyl (C=O) groups excluding carboxylic acids is 1. The van der Waals surface area contributed by atoms with Crippen LogP contribution in [-0.2, 0) is 0 Å². The molecule has 1 aromatic rings. The fraction of sp³-hybridized carbons (Fsp3) is 0.588. The maximum absolute atomic E-state index is 13.1. The molecule has 0 aromatic heterocycles. The van der Waals surface area contributed by atoms with E-state index in [2.05, 4.69) is 27.8 Å². The molecule has 2 fully saturated rings. The van der Waals surface area contributed by atoms with Crippen LogP contribution in [0.15, 0.2) is 16.6 Å². The van der Waals surface area contributed by atoms with Crippen LogP contribution in [0.3, 0.4) is 0 Å². The lowest BCUT2D eigenvalue weighted by Gasteiger charge is -2.37. The molecule has 3 rings (SSSR count). The Labute approximate surface area is 145 Å². The maximum atomic E-state index is 13.1. The molecule has 2 aliphatic heterocycles. The Morgan fingerprint density at radius 1 is 1.17 bits per heavy atom. The molecular weight excluding hydrogens is 360 g/mol. The molecule has 0 aliphatic carbocycles. The number of halogens is 1. The minimum atomic E-state index is -0.00889. The van der Waals surface area contributed by atoms with Crippen LogP contribution in [0, 0.1) is 5.92 Å². The number of carbonyl (C=O) groups is 1. The van der Waals surface area contributed by atoms with Gasteiger partial charge in [0.2, 0.25) is 0 Å². The van der Waals surface area contributed by atoms with Gasteiger partial charge in [-0.25, -0.2) is 0 Å². The van der Waals surface area contributed by atoms with Crippen molar-refractivity contribution in [1.82, 2.24) is 9.80 Å². The van der Waals surface area contributed by atoms with Gasteiger partial charge in [-0.1, -0.05) is 22.9 Å². The van der Waals surface area contributed by atoms with Crippen molar-refractivity contribution in [3.05, 3.63) is 22.2 Å². The molecule has 0 N–H and O–H groups in total.